The molecule has 1 rings (SSSR count). The first-order valence-corrected chi connectivity index (χ1v) is 5.94. The van der Waals surface area contributed by atoms with Crippen molar-refractivity contribution in [1.82, 2.24) is 10.2 Å². The summed E-state index contributed by atoms with van der Waals surface area (Å²) in [5, 5.41) is 2.84. The fourth-order valence-electron chi connectivity index (χ4n) is 1.98. The maximum absolute atomic E-state index is 12.3. The van der Waals surface area contributed by atoms with E-state index in [1.807, 2.05) is 13.8 Å². The van der Waals surface area contributed by atoms with Gasteiger partial charge in [-0.3, -0.25) is 9.59 Å². The standard InChI is InChI=1S/C12H22N2O2/c1-6-8-14-10(16)12(5,7-2)13-9(15)11(14,3)4/h6-8H2,1-5H3,(H,13,15). The van der Waals surface area contributed by atoms with E-state index >= 15 is 0 Å². The summed E-state index contributed by atoms with van der Waals surface area (Å²) >= 11 is 0. The molecule has 4 heteroatoms. The molecule has 0 bridgehead atoms. The molecule has 1 aliphatic heterocycles. The Kier molecular flexibility index (Phi) is 3.31. The minimum Gasteiger partial charge on any atom is -0.340 e. The van der Waals surface area contributed by atoms with Gasteiger partial charge in [0.15, 0.2) is 0 Å². The van der Waals surface area contributed by atoms with Crippen LogP contribution in [0.1, 0.15) is 47.5 Å². The van der Waals surface area contributed by atoms with Crippen LogP contribution in [0.15, 0.2) is 0 Å². The highest BCUT2D eigenvalue weighted by atomic mass is 16.2. The second kappa shape index (κ2) is 4.07. The molecule has 1 aliphatic rings. The lowest BCUT2D eigenvalue weighted by molar-refractivity contribution is -0.160. The molecule has 1 heterocycles. The number of nitrogens with one attached hydrogen (secondary N) is 1. The van der Waals surface area contributed by atoms with Gasteiger partial charge in [0.2, 0.25) is 11.8 Å². The van der Waals surface area contributed by atoms with Gasteiger partial charge in [0.25, 0.3) is 0 Å². The molecule has 0 spiro atoms. The average Bonchev–Trinajstić information content (AvgIpc) is 2.22. The predicted molar refractivity (Wildman–Crippen MR) is 62.9 cm³/mol. The van der Waals surface area contributed by atoms with E-state index in [2.05, 4.69) is 5.32 Å². The molecule has 0 aromatic rings. The Bertz CT molecular complexity index is 312. The van der Waals surface area contributed by atoms with Gasteiger partial charge in [-0.1, -0.05) is 13.8 Å². The van der Waals surface area contributed by atoms with E-state index in [-0.39, 0.29) is 11.8 Å². The molecule has 0 radical (unpaired) electrons. The van der Waals surface area contributed by atoms with E-state index in [9.17, 15) is 9.59 Å². The number of hydrogen-bond donors (Lipinski definition) is 1. The molecular weight excluding hydrogens is 204 g/mol. The van der Waals surface area contributed by atoms with Crippen LogP contribution < -0.4 is 5.32 Å². The number of amides is 2. The topological polar surface area (TPSA) is 49.4 Å². The van der Waals surface area contributed by atoms with Crippen LogP contribution in [0.2, 0.25) is 0 Å². The summed E-state index contributed by atoms with van der Waals surface area (Å²) < 4.78 is 0. The van der Waals surface area contributed by atoms with Gasteiger partial charge in [0.05, 0.1) is 0 Å². The van der Waals surface area contributed by atoms with Crippen LogP contribution in [-0.2, 0) is 9.59 Å². The molecule has 1 unspecified atom stereocenters. The van der Waals surface area contributed by atoms with Crippen molar-refractivity contribution in [3.63, 3.8) is 0 Å². The summed E-state index contributed by atoms with van der Waals surface area (Å²) in [6.07, 6.45) is 1.48. The molecule has 2 amide bonds. The highest BCUT2D eigenvalue weighted by Gasteiger charge is 2.50. The zero-order chi connectivity index (χ0) is 12.6. The first-order valence-electron chi connectivity index (χ1n) is 5.94. The third-order valence-corrected chi connectivity index (χ3v) is 3.49. The monoisotopic (exact) mass is 226 g/mol. The number of hydrogen-bond acceptors (Lipinski definition) is 2. The summed E-state index contributed by atoms with van der Waals surface area (Å²) in [5.74, 6) is -0.0358. The van der Waals surface area contributed by atoms with E-state index in [0.29, 0.717) is 13.0 Å². The Labute approximate surface area is 97.4 Å². The largest absolute Gasteiger partial charge is 0.340 e. The Balaban J connectivity index is 3.09. The van der Waals surface area contributed by atoms with Gasteiger partial charge in [-0.2, -0.15) is 0 Å². The van der Waals surface area contributed by atoms with E-state index in [1.165, 1.54) is 0 Å². The number of nitrogens with zero attached hydrogens (tertiary/aromatic N) is 1. The van der Waals surface area contributed by atoms with Crippen molar-refractivity contribution < 1.29 is 9.59 Å². The molecule has 0 aromatic carbocycles. The maximum atomic E-state index is 12.3. The smallest absolute Gasteiger partial charge is 0.248 e. The SMILES string of the molecule is CCCN1C(=O)C(C)(CC)NC(=O)C1(C)C. The second-order valence-corrected chi connectivity index (χ2v) is 5.16. The van der Waals surface area contributed by atoms with E-state index in [0.717, 1.165) is 6.42 Å². The predicted octanol–water partition coefficient (Wildman–Crippen LogP) is 1.30. The Morgan fingerprint density at radius 1 is 1.19 bits per heavy atom. The minimum absolute atomic E-state index is 0.0291. The van der Waals surface area contributed by atoms with Gasteiger partial charge in [0.1, 0.15) is 11.1 Å². The Hall–Kier alpha value is -1.06. The molecule has 16 heavy (non-hydrogen) atoms. The fourth-order valence-corrected chi connectivity index (χ4v) is 1.98. The van der Waals surface area contributed by atoms with Crippen LogP contribution in [0.25, 0.3) is 0 Å². The summed E-state index contributed by atoms with van der Waals surface area (Å²) in [7, 11) is 0. The molecular formula is C12H22N2O2. The third-order valence-electron chi connectivity index (χ3n) is 3.49. The van der Waals surface area contributed by atoms with E-state index in [1.54, 1.807) is 25.7 Å². The van der Waals surface area contributed by atoms with Crippen molar-refractivity contribution in [1.29, 1.82) is 0 Å². The van der Waals surface area contributed by atoms with Gasteiger partial charge < -0.3 is 10.2 Å². The second-order valence-electron chi connectivity index (χ2n) is 5.16. The molecule has 1 fully saturated rings. The van der Waals surface area contributed by atoms with Crippen molar-refractivity contribution in [2.75, 3.05) is 6.54 Å². The zero-order valence-electron chi connectivity index (χ0n) is 10.9. The number of carbonyl (C=O) groups excluding carboxylic acids is 2. The molecule has 1 atom stereocenters. The molecule has 4 nitrogen and oxygen atoms in total. The fraction of sp³-hybridized carbons (Fsp3) is 0.833. The molecule has 1 N–H and O–H groups in total. The quantitative estimate of drug-likeness (QED) is 0.788. The summed E-state index contributed by atoms with van der Waals surface area (Å²) in [4.78, 5) is 26.1. The first kappa shape index (κ1) is 13.0. The lowest BCUT2D eigenvalue weighted by Gasteiger charge is -2.48. The molecule has 0 aromatic heterocycles. The Morgan fingerprint density at radius 2 is 1.75 bits per heavy atom. The zero-order valence-corrected chi connectivity index (χ0v) is 10.9. The van der Waals surface area contributed by atoms with Crippen molar-refractivity contribution in [2.45, 2.75) is 58.5 Å². The lowest BCUT2D eigenvalue weighted by atomic mass is 9.86. The van der Waals surface area contributed by atoms with Crippen LogP contribution >= 0.6 is 0 Å². The highest BCUT2D eigenvalue weighted by molar-refractivity contribution is 6.01. The lowest BCUT2D eigenvalue weighted by Crippen LogP contribution is -2.73. The average molecular weight is 226 g/mol. The Morgan fingerprint density at radius 3 is 2.19 bits per heavy atom. The summed E-state index contributed by atoms with van der Waals surface area (Å²) in [6.45, 7) is 9.95. The molecule has 92 valence electrons. The maximum Gasteiger partial charge on any atom is 0.248 e. The third kappa shape index (κ3) is 1.81. The molecule has 0 aliphatic carbocycles. The van der Waals surface area contributed by atoms with E-state index < -0.39 is 11.1 Å². The summed E-state index contributed by atoms with van der Waals surface area (Å²) in [6, 6.07) is 0. The van der Waals surface area contributed by atoms with Gasteiger partial charge in [-0.15, -0.1) is 0 Å². The van der Waals surface area contributed by atoms with Gasteiger partial charge >= 0.3 is 0 Å². The normalized spacial score (nSPS) is 29.2. The number of carbonyl (C=O) groups is 2. The first-order chi connectivity index (χ1) is 7.29. The van der Waals surface area contributed by atoms with Crippen LogP contribution in [0.4, 0.5) is 0 Å². The summed E-state index contributed by atoms with van der Waals surface area (Å²) in [5.41, 5.74) is -1.47. The molecule has 1 saturated heterocycles. The van der Waals surface area contributed by atoms with Crippen molar-refractivity contribution in [3.05, 3.63) is 0 Å². The number of piperazine rings is 1. The van der Waals surface area contributed by atoms with Crippen molar-refractivity contribution >= 4 is 11.8 Å². The van der Waals surface area contributed by atoms with Crippen LogP contribution in [-0.4, -0.2) is 34.3 Å². The van der Waals surface area contributed by atoms with Crippen LogP contribution in [0.5, 0.6) is 0 Å². The van der Waals surface area contributed by atoms with Crippen LogP contribution in [0.3, 0.4) is 0 Å². The molecule has 0 saturated carbocycles. The highest BCUT2D eigenvalue weighted by Crippen LogP contribution is 2.27. The van der Waals surface area contributed by atoms with Gasteiger partial charge in [-0.25, -0.2) is 0 Å². The van der Waals surface area contributed by atoms with Crippen LogP contribution in [0, 0.1) is 0 Å². The van der Waals surface area contributed by atoms with E-state index in [4.69, 9.17) is 0 Å². The minimum atomic E-state index is -0.734. The van der Waals surface area contributed by atoms with Crippen molar-refractivity contribution in [2.24, 2.45) is 0 Å². The van der Waals surface area contributed by atoms with Gasteiger partial charge in [-0.05, 0) is 33.6 Å². The van der Waals surface area contributed by atoms with Crippen molar-refractivity contribution in [3.8, 4) is 0 Å². The number of rotatable bonds is 3. The van der Waals surface area contributed by atoms with Gasteiger partial charge in [0, 0.05) is 6.54 Å².